The molecule has 2 amide bonds. The Morgan fingerprint density at radius 3 is 2.62 bits per heavy atom. The van der Waals surface area contributed by atoms with Gasteiger partial charge < -0.3 is 15.0 Å². The minimum atomic E-state index is -0.489. The number of methoxy groups -OCH3 is 1. The molecule has 0 fully saturated rings. The Labute approximate surface area is 201 Å². The van der Waals surface area contributed by atoms with Crippen LogP contribution in [0.1, 0.15) is 21.5 Å². The Kier molecular flexibility index (Phi) is 7.12. The molecule has 0 radical (unpaired) electrons. The molecule has 4 rings (SSSR count). The topological polar surface area (TPSA) is 102 Å². The predicted octanol–water partition coefficient (Wildman–Crippen LogP) is 4.68. The van der Waals surface area contributed by atoms with Gasteiger partial charge in [0.1, 0.15) is 0 Å². The van der Waals surface area contributed by atoms with E-state index in [0.29, 0.717) is 23.5 Å². The molecule has 3 aromatic carbocycles. The molecule has 0 aliphatic carbocycles. The number of anilines is 2. The first-order valence-electron chi connectivity index (χ1n) is 10.6. The molecule has 1 aliphatic rings. The van der Waals surface area contributed by atoms with Gasteiger partial charge in [0.25, 0.3) is 5.91 Å². The van der Waals surface area contributed by atoms with Gasteiger partial charge in [-0.15, -0.1) is 11.8 Å². The standard InChI is InChI=1S/C25H23N3O5S/c1-33-23-11-6-17(14-22(23)28(31)32)15-34-16-24(29)26-20-9-7-19(8-10-20)25(30)27-13-12-18-4-2-3-5-21(18)27/h2-11,14H,12-13,15-16H2,1H3,(H,26,29). The fraction of sp³-hybridized carbons (Fsp3) is 0.200. The summed E-state index contributed by atoms with van der Waals surface area (Å²) in [6.07, 6.45) is 0.845. The number of hydrogen-bond donors (Lipinski definition) is 1. The van der Waals surface area contributed by atoms with E-state index in [9.17, 15) is 19.7 Å². The van der Waals surface area contributed by atoms with E-state index < -0.39 is 4.92 Å². The number of para-hydroxylation sites is 1. The minimum absolute atomic E-state index is 0.0630. The summed E-state index contributed by atoms with van der Waals surface area (Å²) in [5.74, 6) is 0.577. The van der Waals surface area contributed by atoms with E-state index in [-0.39, 0.29) is 29.0 Å². The molecule has 3 aromatic rings. The number of nitro groups is 1. The van der Waals surface area contributed by atoms with Gasteiger partial charge in [-0.3, -0.25) is 19.7 Å². The van der Waals surface area contributed by atoms with Crippen LogP contribution in [-0.4, -0.2) is 36.1 Å². The second-order valence-electron chi connectivity index (χ2n) is 7.72. The maximum atomic E-state index is 12.9. The highest BCUT2D eigenvalue weighted by Crippen LogP contribution is 2.30. The second kappa shape index (κ2) is 10.4. The highest BCUT2D eigenvalue weighted by atomic mass is 32.2. The number of carbonyl (C=O) groups is 2. The van der Waals surface area contributed by atoms with Crippen LogP contribution >= 0.6 is 11.8 Å². The van der Waals surface area contributed by atoms with E-state index in [1.807, 2.05) is 24.3 Å². The fourth-order valence-electron chi connectivity index (χ4n) is 3.83. The van der Waals surface area contributed by atoms with Gasteiger partial charge >= 0.3 is 5.69 Å². The average molecular weight is 478 g/mol. The summed E-state index contributed by atoms with van der Waals surface area (Å²) in [7, 11) is 1.38. The van der Waals surface area contributed by atoms with Gasteiger partial charge in [0, 0.05) is 35.3 Å². The Morgan fingerprint density at radius 2 is 1.88 bits per heavy atom. The maximum Gasteiger partial charge on any atom is 0.311 e. The van der Waals surface area contributed by atoms with Crippen molar-refractivity contribution in [3.8, 4) is 5.75 Å². The normalized spacial score (nSPS) is 12.2. The first-order valence-corrected chi connectivity index (χ1v) is 11.8. The molecule has 8 nitrogen and oxygen atoms in total. The molecular formula is C25H23N3O5S. The van der Waals surface area contributed by atoms with Crippen molar-refractivity contribution in [1.82, 2.24) is 0 Å². The summed E-state index contributed by atoms with van der Waals surface area (Å²) >= 11 is 1.35. The van der Waals surface area contributed by atoms with E-state index >= 15 is 0 Å². The van der Waals surface area contributed by atoms with Crippen molar-refractivity contribution in [1.29, 1.82) is 0 Å². The molecule has 1 heterocycles. The van der Waals surface area contributed by atoms with Crippen LogP contribution in [0.25, 0.3) is 0 Å². The Balaban J connectivity index is 1.29. The molecule has 0 atom stereocenters. The van der Waals surface area contributed by atoms with E-state index in [1.165, 1.54) is 30.5 Å². The monoisotopic (exact) mass is 477 g/mol. The molecule has 0 spiro atoms. The summed E-state index contributed by atoms with van der Waals surface area (Å²) < 4.78 is 5.00. The number of ether oxygens (including phenoxy) is 1. The zero-order chi connectivity index (χ0) is 24.1. The van der Waals surface area contributed by atoms with E-state index in [4.69, 9.17) is 4.74 Å². The van der Waals surface area contributed by atoms with Crippen LogP contribution in [0.2, 0.25) is 0 Å². The number of nitrogens with zero attached hydrogens (tertiary/aromatic N) is 2. The summed E-state index contributed by atoms with van der Waals surface area (Å²) in [6.45, 7) is 0.658. The number of hydrogen-bond acceptors (Lipinski definition) is 6. The lowest BCUT2D eigenvalue weighted by Gasteiger charge is -2.17. The predicted molar refractivity (Wildman–Crippen MR) is 133 cm³/mol. The third-order valence-electron chi connectivity index (χ3n) is 5.49. The SMILES string of the molecule is COc1ccc(CSCC(=O)Nc2ccc(C(=O)N3CCc4ccccc43)cc2)cc1[N+](=O)[O-]. The van der Waals surface area contributed by atoms with Crippen molar-refractivity contribution >= 4 is 40.6 Å². The van der Waals surface area contributed by atoms with Gasteiger partial charge in [-0.1, -0.05) is 24.3 Å². The minimum Gasteiger partial charge on any atom is -0.490 e. The van der Waals surface area contributed by atoms with Gasteiger partial charge in [-0.2, -0.15) is 0 Å². The Bertz CT molecular complexity index is 1230. The molecule has 1 aliphatic heterocycles. The van der Waals surface area contributed by atoms with Crippen LogP contribution in [-0.2, 0) is 17.0 Å². The van der Waals surface area contributed by atoms with Gasteiger partial charge in [0.05, 0.1) is 17.8 Å². The lowest BCUT2D eigenvalue weighted by atomic mass is 10.1. The molecule has 174 valence electrons. The van der Waals surface area contributed by atoms with Crippen molar-refractivity contribution in [3.63, 3.8) is 0 Å². The number of benzene rings is 3. The Hall–Kier alpha value is -3.85. The number of fused-ring (bicyclic) bond motifs is 1. The van der Waals surface area contributed by atoms with Gasteiger partial charge in [0.15, 0.2) is 5.75 Å². The molecule has 0 saturated carbocycles. The molecule has 0 bridgehead atoms. The average Bonchev–Trinajstić information content (AvgIpc) is 3.28. The second-order valence-corrected chi connectivity index (χ2v) is 8.70. The van der Waals surface area contributed by atoms with E-state index in [2.05, 4.69) is 5.32 Å². The largest absolute Gasteiger partial charge is 0.490 e. The lowest BCUT2D eigenvalue weighted by Crippen LogP contribution is -2.28. The summed E-state index contributed by atoms with van der Waals surface area (Å²) in [4.78, 5) is 37.7. The molecule has 0 unspecified atom stereocenters. The zero-order valence-electron chi connectivity index (χ0n) is 18.5. The number of nitrogens with one attached hydrogen (secondary N) is 1. The van der Waals surface area contributed by atoms with E-state index in [0.717, 1.165) is 17.7 Å². The van der Waals surface area contributed by atoms with Crippen LogP contribution in [0.15, 0.2) is 66.7 Å². The van der Waals surface area contributed by atoms with Crippen molar-refractivity contribution in [3.05, 3.63) is 93.5 Å². The molecular weight excluding hydrogens is 454 g/mol. The van der Waals surface area contributed by atoms with Crippen LogP contribution < -0.4 is 15.0 Å². The molecule has 0 saturated heterocycles. The molecule has 9 heteroatoms. The number of thioether (sulfide) groups is 1. The van der Waals surface area contributed by atoms with E-state index in [1.54, 1.807) is 41.3 Å². The van der Waals surface area contributed by atoms with Crippen LogP contribution in [0.4, 0.5) is 17.1 Å². The molecule has 34 heavy (non-hydrogen) atoms. The highest BCUT2D eigenvalue weighted by molar-refractivity contribution is 7.99. The van der Waals surface area contributed by atoms with Crippen molar-refractivity contribution in [2.75, 3.05) is 29.6 Å². The smallest absolute Gasteiger partial charge is 0.311 e. The van der Waals surface area contributed by atoms with Crippen LogP contribution in [0.3, 0.4) is 0 Å². The molecule has 1 N–H and O–H groups in total. The number of amides is 2. The zero-order valence-corrected chi connectivity index (χ0v) is 19.3. The number of carbonyl (C=O) groups excluding carboxylic acids is 2. The Morgan fingerprint density at radius 1 is 1.12 bits per heavy atom. The highest BCUT2D eigenvalue weighted by Gasteiger charge is 2.25. The number of nitro benzene ring substituents is 1. The van der Waals surface area contributed by atoms with Crippen LogP contribution in [0, 0.1) is 10.1 Å². The van der Waals surface area contributed by atoms with Crippen molar-refractivity contribution in [2.24, 2.45) is 0 Å². The first kappa shape index (κ1) is 23.3. The lowest BCUT2D eigenvalue weighted by molar-refractivity contribution is -0.385. The summed E-state index contributed by atoms with van der Waals surface area (Å²) in [5, 5.41) is 14.0. The van der Waals surface area contributed by atoms with Gasteiger partial charge in [0.2, 0.25) is 5.91 Å². The number of rotatable bonds is 8. The quantitative estimate of drug-likeness (QED) is 0.373. The van der Waals surface area contributed by atoms with Gasteiger partial charge in [-0.25, -0.2) is 0 Å². The van der Waals surface area contributed by atoms with Gasteiger partial charge in [-0.05, 0) is 53.9 Å². The summed E-state index contributed by atoms with van der Waals surface area (Å²) in [6, 6.07) is 19.5. The summed E-state index contributed by atoms with van der Waals surface area (Å²) in [5.41, 5.74) is 3.91. The fourth-order valence-corrected chi connectivity index (χ4v) is 4.60. The van der Waals surface area contributed by atoms with Crippen molar-refractivity contribution < 1.29 is 19.2 Å². The molecule has 0 aromatic heterocycles. The first-order chi connectivity index (χ1) is 16.5. The third kappa shape index (κ3) is 5.20. The van der Waals surface area contributed by atoms with Crippen molar-refractivity contribution in [2.45, 2.75) is 12.2 Å². The van der Waals surface area contributed by atoms with Crippen LogP contribution in [0.5, 0.6) is 5.75 Å². The third-order valence-corrected chi connectivity index (χ3v) is 6.49. The maximum absolute atomic E-state index is 12.9.